The number of hydrogen-bond donors (Lipinski definition) is 4. The molecule has 4 N–H and O–H groups in total. The number of carbonyl (C=O) groups is 1. The third kappa shape index (κ3) is 6.23. The number of fused-ring (bicyclic) bond motifs is 2. The molecular weight excluding hydrogens is 518 g/mol. The first-order valence-electron chi connectivity index (χ1n) is 12.4. The highest BCUT2D eigenvalue weighted by Gasteiger charge is 2.31. The molecule has 2 aromatic carbocycles. The third-order valence-electron chi connectivity index (χ3n) is 6.67. The van der Waals surface area contributed by atoms with E-state index in [-0.39, 0.29) is 22.8 Å². The fraction of sp³-hybridized carbons (Fsp3) is 0.333. The highest BCUT2D eigenvalue weighted by atomic mass is 19.4. The van der Waals surface area contributed by atoms with Gasteiger partial charge < -0.3 is 25.8 Å². The van der Waals surface area contributed by atoms with E-state index in [1.807, 2.05) is 11.0 Å². The Hall–Kier alpha value is -3.90. The number of carbonyl (C=O) groups excluding carboxylic acids is 1. The van der Waals surface area contributed by atoms with Crippen molar-refractivity contribution in [2.24, 2.45) is 0 Å². The predicted octanol–water partition coefficient (Wildman–Crippen LogP) is 5.83. The molecule has 1 fully saturated rings. The Morgan fingerprint density at radius 1 is 1.15 bits per heavy atom. The number of piperidine rings is 1. The smallest absolute Gasteiger partial charge is 0.411 e. The van der Waals surface area contributed by atoms with Gasteiger partial charge >= 0.3 is 6.18 Å². The fourth-order valence-electron chi connectivity index (χ4n) is 4.77. The molecule has 5 rings (SSSR count). The molecule has 8 nitrogen and oxygen atoms in total. The number of aromatic nitrogens is 1. The molecule has 1 unspecified atom stereocenters. The summed E-state index contributed by atoms with van der Waals surface area (Å²) in [4.78, 5) is 19.6. The molecule has 2 aliphatic heterocycles. The largest absolute Gasteiger partial charge is 0.508 e. The second-order valence-corrected chi connectivity index (χ2v) is 9.71. The lowest BCUT2D eigenvalue weighted by atomic mass is 10.1. The molecule has 0 saturated carbocycles. The average Bonchev–Trinajstić information content (AvgIpc) is 3.01. The molecule has 12 heteroatoms. The second kappa shape index (κ2) is 10.7. The number of pyridine rings is 1. The Labute approximate surface area is 222 Å². The minimum absolute atomic E-state index is 0.00222. The van der Waals surface area contributed by atoms with Crippen LogP contribution in [0.4, 0.5) is 46.1 Å². The summed E-state index contributed by atoms with van der Waals surface area (Å²) in [6, 6.07) is 9.44. The van der Waals surface area contributed by atoms with Crippen molar-refractivity contribution in [2.45, 2.75) is 38.6 Å². The van der Waals surface area contributed by atoms with Gasteiger partial charge in [0.05, 0.1) is 28.9 Å². The normalized spacial score (nSPS) is 17.5. The average molecular weight is 546 g/mol. The fourth-order valence-corrected chi connectivity index (χ4v) is 4.77. The number of anilines is 5. The van der Waals surface area contributed by atoms with E-state index in [1.54, 1.807) is 19.1 Å². The molecule has 1 amide bonds. The minimum Gasteiger partial charge on any atom is -0.508 e. The van der Waals surface area contributed by atoms with Crippen molar-refractivity contribution in [3.8, 4) is 5.75 Å². The van der Waals surface area contributed by atoms with Crippen molar-refractivity contribution in [3.05, 3.63) is 65.1 Å². The summed E-state index contributed by atoms with van der Waals surface area (Å²) in [5.74, 6) is -0.885. The van der Waals surface area contributed by atoms with Crippen molar-refractivity contribution in [2.75, 3.05) is 35.6 Å². The van der Waals surface area contributed by atoms with Gasteiger partial charge in [0.15, 0.2) is 0 Å². The van der Waals surface area contributed by atoms with Crippen LogP contribution in [0.1, 0.15) is 34.3 Å². The number of phenolic OH excluding ortho intramolecular Hbond substituents is 1. The zero-order valence-corrected chi connectivity index (χ0v) is 21.0. The summed E-state index contributed by atoms with van der Waals surface area (Å²) >= 11 is 0. The maximum absolute atomic E-state index is 14.5. The number of nitrogens with one attached hydrogen (secondary N) is 3. The van der Waals surface area contributed by atoms with E-state index in [1.165, 1.54) is 24.4 Å². The van der Waals surface area contributed by atoms with E-state index >= 15 is 0 Å². The van der Waals surface area contributed by atoms with E-state index in [2.05, 4.69) is 20.9 Å². The van der Waals surface area contributed by atoms with E-state index in [0.717, 1.165) is 18.5 Å². The van der Waals surface area contributed by atoms with E-state index < -0.39 is 30.6 Å². The lowest BCUT2D eigenvalue weighted by Gasteiger charge is -2.33. The summed E-state index contributed by atoms with van der Waals surface area (Å²) in [6.07, 6.45) is -2.08. The van der Waals surface area contributed by atoms with Gasteiger partial charge in [-0.2, -0.15) is 13.2 Å². The highest BCUT2D eigenvalue weighted by Crippen LogP contribution is 2.36. The Kier molecular flexibility index (Phi) is 7.32. The van der Waals surface area contributed by atoms with Gasteiger partial charge in [0.2, 0.25) is 0 Å². The van der Waals surface area contributed by atoms with Gasteiger partial charge in [0.25, 0.3) is 5.91 Å². The molecule has 0 aliphatic carbocycles. The summed E-state index contributed by atoms with van der Waals surface area (Å²) in [5, 5.41) is 18.9. The SMILES string of the molecule is Cc1cc(F)c(Nc2ccnc3c2C(=O)Nc2cc(CN4CCCC(OCC(F)(F)F)C4)ccc2N3)cc1O. The lowest BCUT2D eigenvalue weighted by Crippen LogP contribution is -2.40. The topological polar surface area (TPSA) is 98.8 Å². The van der Waals surface area contributed by atoms with Crippen LogP contribution in [0.5, 0.6) is 5.75 Å². The molecule has 206 valence electrons. The highest BCUT2D eigenvalue weighted by molar-refractivity contribution is 6.15. The van der Waals surface area contributed by atoms with Gasteiger partial charge in [0, 0.05) is 25.4 Å². The van der Waals surface area contributed by atoms with Gasteiger partial charge in [-0.3, -0.25) is 9.69 Å². The van der Waals surface area contributed by atoms with Gasteiger partial charge in [-0.05, 0) is 61.7 Å². The number of ether oxygens (including phenoxy) is 1. The molecular formula is C27H27F4N5O3. The quantitative estimate of drug-likeness (QED) is 0.289. The number of alkyl halides is 3. The zero-order valence-electron chi connectivity index (χ0n) is 21.0. The van der Waals surface area contributed by atoms with Crippen LogP contribution in [0.3, 0.4) is 0 Å². The molecule has 39 heavy (non-hydrogen) atoms. The third-order valence-corrected chi connectivity index (χ3v) is 6.67. The van der Waals surface area contributed by atoms with Gasteiger partial charge in [-0.25, -0.2) is 9.37 Å². The number of aromatic hydroxyl groups is 1. The molecule has 1 saturated heterocycles. The number of amides is 1. The minimum atomic E-state index is -4.36. The Morgan fingerprint density at radius 3 is 2.77 bits per heavy atom. The lowest BCUT2D eigenvalue weighted by molar-refractivity contribution is -0.189. The second-order valence-electron chi connectivity index (χ2n) is 9.71. The molecule has 0 bridgehead atoms. The molecule has 3 aromatic rings. The molecule has 0 radical (unpaired) electrons. The standard InChI is InChI=1S/C27H27F4N5O3/c1-15-9-18(28)21(11-23(15)37)33-20-6-7-32-25-24(20)26(38)35-22-10-16(4-5-19(22)34-25)12-36-8-2-3-17(13-36)39-14-27(29,30)31/h4-7,9-11,17,37H,2-3,8,12-14H2,1H3,(H,35,38)(H2,32,33,34). The number of hydrogen-bond acceptors (Lipinski definition) is 7. The Morgan fingerprint density at radius 2 is 1.97 bits per heavy atom. The zero-order chi connectivity index (χ0) is 27.7. The summed E-state index contributed by atoms with van der Waals surface area (Å²) < 4.78 is 57.2. The van der Waals surface area contributed by atoms with Crippen LogP contribution >= 0.6 is 0 Å². The van der Waals surface area contributed by atoms with E-state index in [9.17, 15) is 27.5 Å². The molecule has 1 aromatic heterocycles. The Bertz CT molecular complexity index is 1400. The first-order valence-corrected chi connectivity index (χ1v) is 12.4. The molecule has 0 spiro atoms. The summed E-state index contributed by atoms with van der Waals surface area (Å²) in [7, 11) is 0. The number of aryl methyl sites for hydroxylation is 1. The van der Waals surface area contributed by atoms with Crippen molar-refractivity contribution >= 4 is 34.5 Å². The van der Waals surface area contributed by atoms with Crippen LogP contribution in [-0.2, 0) is 11.3 Å². The van der Waals surface area contributed by atoms with Crippen molar-refractivity contribution < 1.29 is 32.2 Å². The maximum atomic E-state index is 14.5. The van der Waals surface area contributed by atoms with Gasteiger partial charge in [-0.15, -0.1) is 0 Å². The number of phenols is 1. The number of likely N-dealkylation sites (tertiary alicyclic amines) is 1. The van der Waals surface area contributed by atoms with Crippen LogP contribution < -0.4 is 16.0 Å². The van der Waals surface area contributed by atoms with Crippen LogP contribution in [-0.4, -0.2) is 52.9 Å². The molecule has 1 atom stereocenters. The van der Waals surface area contributed by atoms with Crippen molar-refractivity contribution in [1.29, 1.82) is 0 Å². The number of halogens is 4. The monoisotopic (exact) mass is 545 g/mol. The number of benzene rings is 2. The van der Waals surface area contributed by atoms with E-state index in [4.69, 9.17) is 4.74 Å². The maximum Gasteiger partial charge on any atom is 0.411 e. The Balaban J connectivity index is 1.32. The first kappa shape index (κ1) is 26.7. The molecule has 2 aliphatic rings. The van der Waals surface area contributed by atoms with Crippen LogP contribution in [0, 0.1) is 12.7 Å². The van der Waals surface area contributed by atoms with Crippen LogP contribution in [0.2, 0.25) is 0 Å². The summed E-state index contributed by atoms with van der Waals surface area (Å²) in [5.41, 5.74) is 2.80. The van der Waals surface area contributed by atoms with Crippen molar-refractivity contribution in [1.82, 2.24) is 9.88 Å². The van der Waals surface area contributed by atoms with Gasteiger partial charge in [0.1, 0.15) is 29.6 Å². The van der Waals surface area contributed by atoms with Crippen LogP contribution in [0.25, 0.3) is 0 Å². The first-order chi connectivity index (χ1) is 18.6. The number of rotatable bonds is 6. The van der Waals surface area contributed by atoms with Gasteiger partial charge in [-0.1, -0.05) is 6.07 Å². The van der Waals surface area contributed by atoms with Crippen LogP contribution in [0.15, 0.2) is 42.6 Å². The summed E-state index contributed by atoms with van der Waals surface area (Å²) in [6.45, 7) is 1.90. The molecule has 3 heterocycles. The van der Waals surface area contributed by atoms with E-state index in [0.29, 0.717) is 42.1 Å². The van der Waals surface area contributed by atoms with Crippen molar-refractivity contribution in [3.63, 3.8) is 0 Å². The predicted molar refractivity (Wildman–Crippen MR) is 138 cm³/mol. The number of nitrogens with zero attached hydrogens (tertiary/aromatic N) is 2.